The van der Waals surface area contributed by atoms with Gasteiger partial charge in [-0.25, -0.2) is 4.52 Å². The maximum atomic E-state index is 14.2. The molecule has 4 heterocycles. The number of hydrogen-bond donors (Lipinski definition) is 1. The van der Waals surface area contributed by atoms with Crippen LogP contribution in [0.1, 0.15) is 12.1 Å². The number of carbonyl (C=O) groups excluding carboxylic acids is 1. The van der Waals surface area contributed by atoms with Crippen LogP contribution in [-0.2, 0) is 9.53 Å². The lowest BCUT2D eigenvalue weighted by molar-refractivity contribution is -0.191. The number of nitrogens with zero attached hydrogens (tertiary/aromatic N) is 5. The third kappa shape index (κ3) is 2.97. The largest absolute Gasteiger partial charge is 0.397 e. The molecule has 3 fully saturated rings. The minimum atomic E-state index is -4.51. The van der Waals surface area contributed by atoms with Crippen LogP contribution in [0.2, 0.25) is 0 Å². The minimum absolute atomic E-state index is 0.0451. The van der Waals surface area contributed by atoms with Gasteiger partial charge in [-0.2, -0.15) is 23.5 Å². The number of carbonyl (C=O) groups is 1. The summed E-state index contributed by atoms with van der Waals surface area (Å²) >= 11 is 0. The monoisotopic (exact) mass is 448 g/mol. The highest BCUT2D eigenvalue weighted by Gasteiger charge is 2.86. The predicted octanol–water partition coefficient (Wildman–Crippen LogP) is 1.41. The molecule has 2 aliphatic heterocycles. The Bertz CT molecular complexity index is 1110. The van der Waals surface area contributed by atoms with Gasteiger partial charge in [0.15, 0.2) is 0 Å². The van der Waals surface area contributed by atoms with E-state index in [1.54, 1.807) is 17.0 Å². The molecular formula is C21H23F3N6O2. The molecule has 3 aliphatic rings. The van der Waals surface area contributed by atoms with Crippen molar-refractivity contribution < 1.29 is 22.7 Å². The second kappa shape index (κ2) is 7.08. The topological polar surface area (TPSA) is 85.9 Å². The molecular weight excluding hydrogens is 425 g/mol. The number of hydrogen-bond acceptors (Lipinski definition) is 6. The van der Waals surface area contributed by atoms with Crippen LogP contribution in [-0.4, -0.2) is 79.1 Å². The Morgan fingerprint density at radius 3 is 2.91 bits per heavy atom. The SMILES string of the molecule is CN1CCOC(CNC(=O)[C@@]23CN(c4ccc(C#N)n5nccc45)C[C@]2(C(F)(F)F)C3)C1. The van der Waals surface area contributed by atoms with Crippen LogP contribution < -0.4 is 10.2 Å². The summed E-state index contributed by atoms with van der Waals surface area (Å²) in [6.07, 6.45) is -3.47. The Morgan fingerprint density at radius 1 is 1.38 bits per heavy atom. The van der Waals surface area contributed by atoms with Gasteiger partial charge >= 0.3 is 6.18 Å². The van der Waals surface area contributed by atoms with E-state index in [2.05, 4.69) is 15.3 Å². The molecule has 170 valence electrons. The number of halogens is 3. The number of amides is 1. The number of anilines is 1. The molecule has 0 radical (unpaired) electrons. The van der Waals surface area contributed by atoms with Crippen LogP contribution in [0.5, 0.6) is 0 Å². The number of nitriles is 1. The number of fused-ring (bicyclic) bond motifs is 2. The zero-order valence-electron chi connectivity index (χ0n) is 17.5. The van der Waals surface area contributed by atoms with E-state index in [0.717, 1.165) is 6.54 Å². The van der Waals surface area contributed by atoms with Gasteiger partial charge in [0.25, 0.3) is 0 Å². The third-order valence-corrected chi connectivity index (χ3v) is 7.11. The van der Waals surface area contributed by atoms with Crippen LogP contribution in [0.15, 0.2) is 24.4 Å². The number of rotatable bonds is 4. The molecule has 2 saturated heterocycles. The van der Waals surface area contributed by atoms with E-state index in [0.29, 0.717) is 24.4 Å². The third-order valence-electron chi connectivity index (χ3n) is 7.11. The number of ether oxygens (including phenoxy) is 1. The van der Waals surface area contributed by atoms with Gasteiger partial charge in [0.1, 0.15) is 17.2 Å². The fraction of sp³-hybridized carbons (Fsp3) is 0.571. The van der Waals surface area contributed by atoms with Crippen molar-refractivity contribution in [2.75, 3.05) is 51.3 Å². The molecule has 32 heavy (non-hydrogen) atoms. The minimum Gasteiger partial charge on any atom is -0.374 e. The zero-order valence-corrected chi connectivity index (χ0v) is 17.5. The summed E-state index contributed by atoms with van der Waals surface area (Å²) in [6, 6.07) is 6.84. The van der Waals surface area contributed by atoms with Crippen LogP contribution in [0.4, 0.5) is 18.9 Å². The molecule has 1 unspecified atom stereocenters. The molecule has 0 bridgehead atoms. The van der Waals surface area contributed by atoms with E-state index in [9.17, 15) is 23.2 Å². The second-order valence-corrected chi connectivity index (χ2v) is 9.00. The number of morpholine rings is 1. The van der Waals surface area contributed by atoms with Gasteiger partial charge in [-0.1, -0.05) is 0 Å². The van der Waals surface area contributed by atoms with E-state index in [4.69, 9.17) is 4.74 Å². The van der Waals surface area contributed by atoms with Crippen LogP contribution in [0.25, 0.3) is 5.52 Å². The lowest BCUT2D eigenvalue weighted by Crippen LogP contribution is -2.48. The first-order valence-electron chi connectivity index (χ1n) is 10.5. The van der Waals surface area contributed by atoms with Crippen molar-refractivity contribution in [2.45, 2.75) is 18.7 Å². The first-order chi connectivity index (χ1) is 15.2. The molecule has 0 spiro atoms. The lowest BCUT2D eigenvalue weighted by Gasteiger charge is -2.30. The average Bonchev–Trinajstić information content (AvgIpc) is 3.06. The van der Waals surface area contributed by atoms with Crippen molar-refractivity contribution in [3.05, 3.63) is 30.1 Å². The molecule has 1 amide bonds. The maximum Gasteiger partial charge on any atom is 0.397 e. The zero-order chi connectivity index (χ0) is 22.7. The van der Waals surface area contributed by atoms with Gasteiger partial charge < -0.3 is 19.9 Å². The Labute approximate surface area is 182 Å². The molecule has 3 atom stereocenters. The van der Waals surface area contributed by atoms with Crippen molar-refractivity contribution in [3.8, 4) is 6.07 Å². The highest BCUT2D eigenvalue weighted by atomic mass is 19.4. The number of alkyl halides is 3. The van der Waals surface area contributed by atoms with Crippen molar-refractivity contribution in [1.82, 2.24) is 19.8 Å². The van der Waals surface area contributed by atoms with Gasteiger partial charge in [0.05, 0.1) is 35.5 Å². The standard InChI is InChI=1S/C21H23F3N6O2/c1-28-6-7-32-15(10-28)9-26-18(31)19-11-20(19,21(22,23)24)13-29(12-19)16-3-2-14(8-25)30-17(16)4-5-27-30/h2-5,15H,6-7,9-13H2,1H3,(H,26,31)/t15?,19-,20-/m1/s1. The van der Waals surface area contributed by atoms with Crippen molar-refractivity contribution in [3.63, 3.8) is 0 Å². The molecule has 5 rings (SSSR count). The normalized spacial score (nSPS) is 30.2. The Balaban J connectivity index is 1.40. The van der Waals surface area contributed by atoms with Gasteiger partial charge in [0.2, 0.25) is 5.91 Å². The molecule has 1 saturated carbocycles. The van der Waals surface area contributed by atoms with Gasteiger partial charge in [-0.05, 0) is 31.7 Å². The summed E-state index contributed by atoms with van der Waals surface area (Å²) in [5.74, 6) is -0.577. The van der Waals surface area contributed by atoms with Gasteiger partial charge in [-0.15, -0.1) is 0 Å². The smallest absolute Gasteiger partial charge is 0.374 e. The Kier molecular flexibility index (Phi) is 4.65. The quantitative estimate of drug-likeness (QED) is 0.762. The van der Waals surface area contributed by atoms with E-state index < -0.39 is 22.9 Å². The van der Waals surface area contributed by atoms with Crippen LogP contribution in [0.3, 0.4) is 0 Å². The van der Waals surface area contributed by atoms with Crippen molar-refractivity contribution in [2.24, 2.45) is 10.8 Å². The molecule has 2 aromatic heterocycles. The summed E-state index contributed by atoms with van der Waals surface area (Å²) in [5, 5.41) is 16.1. The predicted molar refractivity (Wildman–Crippen MR) is 108 cm³/mol. The van der Waals surface area contributed by atoms with Crippen molar-refractivity contribution >= 4 is 17.1 Å². The number of nitrogens with one attached hydrogen (secondary N) is 1. The molecule has 8 nitrogen and oxygen atoms in total. The van der Waals surface area contributed by atoms with Gasteiger partial charge in [-0.3, -0.25) is 4.79 Å². The summed E-state index contributed by atoms with van der Waals surface area (Å²) in [6.45, 7) is 1.77. The molecule has 0 aromatic carbocycles. The Hall–Kier alpha value is -2.84. The fourth-order valence-electron chi connectivity index (χ4n) is 5.32. The highest BCUT2D eigenvalue weighted by Crippen LogP contribution is 2.75. The summed E-state index contributed by atoms with van der Waals surface area (Å²) in [7, 11) is 1.94. The average molecular weight is 448 g/mol. The first-order valence-corrected chi connectivity index (χ1v) is 10.5. The van der Waals surface area contributed by atoms with E-state index in [-0.39, 0.29) is 37.9 Å². The number of pyridine rings is 1. The fourth-order valence-corrected chi connectivity index (χ4v) is 5.32. The van der Waals surface area contributed by atoms with Crippen molar-refractivity contribution in [1.29, 1.82) is 5.26 Å². The first kappa shape index (κ1) is 21.0. The molecule has 11 heteroatoms. The molecule has 1 N–H and O–H groups in total. The maximum absolute atomic E-state index is 14.2. The number of aromatic nitrogens is 2. The molecule has 1 aliphatic carbocycles. The number of likely N-dealkylation sites (N-methyl/N-ethyl adjacent to an activating group) is 1. The summed E-state index contributed by atoms with van der Waals surface area (Å²) in [4.78, 5) is 16.8. The van der Waals surface area contributed by atoms with E-state index in [1.807, 2.05) is 13.1 Å². The van der Waals surface area contributed by atoms with Crippen LogP contribution >= 0.6 is 0 Å². The highest BCUT2D eigenvalue weighted by molar-refractivity contribution is 5.90. The Morgan fingerprint density at radius 2 is 2.19 bits per heavy atom. The van der Waals surface area contributed by atoms with E-state index >= 15 is 0 Å². The van der Waals surface area contributed by atoms with Gasteiger partial charge in [0, 0.05) is 32.7 Å². The lowest BCUT2D eigenvalue weighted by atomic mass is 9.94. The summed E-state index contributed by atoms with van der Waals surface area (Å²) < 4.78 is 49.6. The second-order valence-electron chi connectivity index (χ2n) is 9.00. The molecule has 2 aromatic rings. The summed E-state index contributed by atoms with van der Waals surface area (Å²) in [5.41, 5.74) is -2.26. The van der Waals surface area contributed by atoms with E-state index in [1.165, 1.54) is 16.8 Å². The number of piperidine rings is 1. The van der Waals surface area contributed by atoms with Crippen LogP contribution in [0, 0.1) is 22.2 Å².